The Morgan fingerprint density at radius 1 is 1.41 bits per heavy atom. The van der Waals surface area contributed by atoms with E-state index in [-0.39, 0.29) is 0 Å². The van der Waals surface area contributed by atoms with Crippen molar-refractivity contribution in [1.82, 2.24) is 0 Å². The zero-order valence-corrected chi connectivity index (χ0v) is 11.2. The molecule has 0 radical (unpaired) electrons. The summed E-state index contributed by atoms with van der Waals surface area (Å²) < 4.78 is 11.2. The van der Waals surface area contributed by atoms with Gasteiger partial charge in [-0.15, -0.1) is 0 Å². The molecule has 1 aromatic heterocycles. The molecule has 2 rings (SSSR count). The minimum atomic E-state index is 0.425. The van der Waals surface area contributed by atoms with Gasteiger partial charge in [0.2, 0.25) is 0 Å². The molecule has 1 fully saturated rings. The highest BCUT2D eigenvalue weighted by atomic mass is 16.5. The first kappa shape index (κ1) is 12.7. The summed E-state index contributed by atoms with van der Waals surface area (Å²) >= 11 is 0. The van der Waals surface area contributed by atoms with Gasteiger partial charge in [0.15, 0.2) is 0 Å². The molecular formula is C15H24O2. The molecule has 1 aliphatic rings. The summed E-state index contributed by atoms with van der Waals surface area (Å²) in [5, 5.41) is 0. The third-order valence-corrected chi connectivity index (χ3v) is 4.01. The smallest absolute Gasteiger partial charge is 0.0957 e. The maximum atomic E-state index is 6.11. The van der Waals surface area contributed by atoms with Gasteiger partial charge in [-0.25, -0.2) is 0 Å². The van der Waals surface area contributed by atoms with Crippen LogP contribution in [0.15, 0.2) is 23.0 Å². The highest BCUT2D eigenvalue weighted by molar-refractivity contribution is 5.03. The zero-order valence-electron chi connectivity index (χ0n) is 11.2. The fraction of sp³-hybridized carbons (Fsp3) is 0.733. The summed E-state index contributed by atoms with van der Waals surface area (Å²) in [5.74, 6) is 2.24. The van der Waals surface area contributed by atoms with Gasteiger partial charge in [-0.3, -0.25) is 0 Å². The Morgan fingerprint density at radius 2 is 2.24 bits per heavy atom. The standard InChI is InChI=1S/C15H24O2/c1-11(2)14-5-4-12(3)8-15(14)17-10-13-6-7-16-9-13/h6-7,9,11-12,14-15H,4-5,8,10H2,1-3H3/t12-,14+,15-/m1/s1. The number of ether oxygens (including phenoxy) is 1. The van der Waals surface area contributed by atoms with E-state index in [0.717, 1.165) is 23.3 Å². The molecule has 0 N–H and O–H groups in total. The van der Waals surface area contributed by atoms with Crippen LogP contribution < -0.4 is 0 Å². The lowest BCUT2D eigenvalue weighted by molar-refractivity contribution is -0.0473. The molecular weight excluding hydrogens is 212 g/mol. The Hall–Kier alpha value is -0.760. The lowest BCUT2D eigenvalue weighted by Gasteiger charge is -2.37. The first-order chi connectivity index (χ1) is 8.16. The van der Waals surface area contributed by atoms with Gasteiger partial charge in [0.25, 0.3) is 0 Å². The van der Waals surface area contributed by atoms with Gasteiger partial charge in [-0.2, -0.15) is 0 Å². The number of rotatable bonds is 4. The number of hydrogen-bond donors (Lipinski definition) is 0. The van der Waals surface area contributed by atoms with Gasteiger partial charge in [0.05, 0.1) is 25.2 Å². The average molecular weight is 236 g/mol. The highest BCUT2D eigenvalue weighted by Crippen LogP contribution is 2.35. The van der Waals surface area contributed by atoms with Crippen LogP contribution in [0.5, 0.6) is 0 Å². The molecule has 0 unspecified atom stereocenters. The first-order valence-corrected chi connectivity index (χ1v) is 6.79. The van der Waals surface area contributed by atoms with Crippen molar-refractivity contribution in [1.29, 1.82) is 0 Å². The molecule has 3 atom stereocenters. The lowest BCUT2D eigenvalue weighted by atomic mass is 9.75. The van der Waals surface area contributed by atoms with Crippen molar-refractivity contribution in [2.75, 3.05) is 0 Å². The van der Waals surface area contributed by atoms with E-state index in [1.54, 1.807) is 12.5 Å². The molecule has 1 aliphatic carbocycles. The van der Waals surface area contributed by atoms with Gasteiger partial charge in [-0.05, 0) is 36.7 Å². The maximum Gasteiger partial charge on any atom is 0.0957 e. The minimum absolute atomic E-state index is 0.425. The van der Waals surface area contributed by atoms with Crippen LogP contribution in [-0.2, 0) is 11.3 Å². The summed E-state index contributed by atoms with van der Waals surface area (Å²) in [6.07, 6.45) is 7.79. The summed E-state index contributed by atoms with van der Waals surface area (Å²) in [6.45, 7) is 7.66. The van der Waals surface area contributed by atoms with Crippen molar-refractivity contribution < 1.29 is 9.15 Å². The van der Waals surface area contributed by atoms with E-state index < -0.39 is 0 Å². The Kier molecular flexibility index (Phi) is 4.27. The molecule has 1 heterocycles. The van der Waals surface area contributed by atoms with Gasteiger partial charge in [0, 0.05) is 5.56 Å². The van der Waals surface area contributed by atoms with Crippen LogP contribution in [0.2, 0.25) is 0 Å². The fourth-order valence-corrected chi connectivity index (χ4v) is 2.88. The molecule has 0 bridgehead atoms. The maximum absolute atomic E-state index is 6.11. The number of hydrogen-bond acceptors (Lipinski definition) is 2. The van der Waals surface area contributed by atoms with Gasteiger partial charge >= 0.3 is 0 Å². The summed E-state index contributed by atoms with van der Waals surface area (Å²) in [4.78, 5) is 0. The molecule has 0 aromatic carbocycles. The van der Waals surface area contributed by atoms with Crippen LogP contribution in [-0.4, -0.2) is 6.10 Å². The van der Waals surface area contributed by atoms with Gasteiger partial charge in [0.1, 0.15) is 0 Å². The molecule has 96 valence electrons. The second-order valence-electron chi connectivity index (χ2n) is 5.81. The predicted octanol–water partition coefficient (Wildman–Crippen LogP) is 4.26. The van der Waals surface area contributed by atoms with E-state index in [1.165, 1.54) is 19.3 Å². The molecule has 0 saturated heterocycles. The molecule has 2 nitrogen and oxygen atoms in total. The third kappa shape index (κ3) is 3.35. The molecule has 17 heavy (non-hydrogen) atoms. The summed E-state index contributed by atoms with van der Waals surface area (Å²) in [6, 6.07) is 1.98. The van der Waals surface area contributed by atoms with E-state index in [9.17, 15) is 0 Å². The Morgan fingerprint density at radius 3 is 2.88 bits per heavy atom. The summed E-state index contributed by atoms with van der Waals surface area (Å²) in [7, 11) is 0. The van der Waals surface area contributed by atoms with Crippen molar-refractivity contribution in [3.63, 3.8) is 0 Å². The van der Waals surface area contributed by atoms with Crippen LogP contribution in [0.4, 0.5) is 0 Å². The lowest BCUT2D eigenvalue weighted by Crippen LogP contribution is -2.34. The third-order valence-electron chi connectivity index (χ3n) is 4.01. The van der Waals surface area contributed by atoms with Crippen molar-refractivity contribution in [2.45, 2.75) is 52.7 Å². The van der Waals surface area contributed by atoms with E-state index in [1.807, 2.05) is 6.07 Å². The Balaban J connectivity index is 1.90. The van der Waals surface area contributed by atoms with Crippen LogP contribution >= 0.6 is 0 Å². The minimum Gasteiger partial charge on any atom is -0.472 e. The van der Waals surface area contributed by atoms with Crippen molar-refractivity contribution in [3.05, 3.63) is 24.2 Å². The monoisotopic (exact) mass is 236 g/mol. The van der Waals surface area contributed by atoms with E-state index in [4.69, 9.17) is 9.15 Å². The highest BCUT2D eigenvalue weighted by Gasteiger charge is 2.31. The molecule has 0 amide bonds. The topological polar surface area (TPSA) is 22.4 Å². The van der Waals surface area contributed by atoms with E-state index in [0.29, 0.717) is 12.7 Å². The Labute approximate surface area is 104 Å². The van der Waals surface area contributed by atoms with Crippen LogP contribution in [0.1, 0.15) is 45.6 Å². The van der Waals surface area contributed by atoms with Crippen molar-refractivity contribution >= 4 is 0 Å². The molecule has 0 aliphatic heterocycles. The van der Waals surface area contributed by atoms with Crippen molar-refractivity contribution in [2.24, 2.45) is 17.8 Å². The number of furan rings is 1. The second kappa shape index (κ2) is 5.72. The van der Waals surface area contributed by atoms with E-state index >= 15 is 0 Å². The summed E-state index contributed by atoms with van der Waals surface area (Å²) in [5.41, 5.74) is 1.14. The fourth-order valence-electron chi connectivity index (χ4n) is 2.88. The average Bonchev–Trinajstić information content (AvgIpc) is 2.78. The quantitative estimate of drug-likeness (QED) is 0.779. The molecule has 1 saturated carbocycles. The Bertz CT molecular complexity index is 316. The normalized spacial score (nSPS) is 29.8. The van der Waals surface area contributed by atoms with Crippen LogP contribution in [0.25, 0.3) is 0 Å². The predicted molar refractivity (Wildman–Crippen MR) is 68.6 cm³/mol. The first-order valence-electron chi connectivity index (χ1n) is 6.79. The van der Waals surface area contributed by atoms with E-state index in [2.05, 4.69) is 20.8 Å². The van der Waals surface area contributed by atoms with Crippen LogP contribution in [0.3, 0.4) is 0 Å². The molecule has 1 aromatic rings. The van der Waals surface area contributed by atoms with Gasteiger partial charge in [-0.1, -0.05) is 27.2 Å². The van der Waals surface area contributed by atoms with Gasteiger partial charge < -0.3 is 9.15 Å². The molecule has 0 spiro atoms. The SMILES string of the molecule is CC(C)[C@@H]1CC[C@@H](C)C[C@H]1OCc1ccoc1. The molecule has 2 heteroatoms. The zero-order chi connectivity index (χ0) is 12.3. The second-order valence-corrected chi connectivity index (χ2v) is 5.81. The van der Waals surface area contributed by atoms with Crippen molar-refractivity contribution in [3.8, 4) is 0 Å². The van der Waals surface area contributed by atoms with Crippen LogP contribution in [0, 0.1) is 17.8 Å². The largest absolute Gasteiger partial charge is 0.472 e.